The first-order valence-electron chi connectivity index (χ1n) is 5.80. The highest BCUT2D eigenvalue weighted by atomic mass is 28.3. The molecule has 0 aliphatic carbocycles. The van der Waals surface area contributed by atoms with Gasteiger partial charge in [-0.2, -0.15) is 0 Å². The van der Waals surface area contributed by atoms with Crippen molar-refractivity contribution in [3.63, 3.8) is 0 Å². The summed E-state index contributed by atoms with van der Waals surface area (Å²) < 4.78 is 10.4. The van der Waals surface area contributed by atoms with Crippen molar-refractivity contribution in [2.75, 3.05) is 14.2 Å². The minimum Gasteiger partial charge on any atom is -0.400 e. The van der Waals surface area contributed by atoms with Crippen LogP contribution < -0.4 is 10.6 Å². The molecule has 0 aromatic rings. The molecule has 0 atom stereocenters. The number of hydrogen-bond acceptors (Lipinski definition) is 4. The van der Waals surface area contributed by atoms with E-state index < -0.39 is 15.4 Å². The Morgan fingerprint density at radius 3 is 1.68 bits per heavy atom. The molecule has 0 saturated carbocycles. The topological polar surface area (TPSA) is 76.7 Å². The quantitative estimate of drug-likeness (QED) is 0.380. The van der Waals surface area contributed by atoms with E-state index in [1.165, 1.54) is 0 Å². The summed E-state index contributed by atoms with van der Waals surface area (Å²) in [6.07, 6.45) is -0.565. The third-order valence-electron chi connectivity index (χ3n) is 2.34. The average Bonchev–Trinajstić information content (AvgIpc) is 2.34. The normalized spacial score (nSPS) is 10.4. The van der Waals surface area contributed by atoms with Gasteiger partial charge in [0.05, 0.1) is 0 Å². The SMILES string of the molecule is C=C(C)C(=O)NC(C[SiH](OC)OC)NC(=O)C(=C)C. The predicted molar refractivity (Wildman–Crippen MR) is 75.7 cm³/mol. The van der Waals surface area contributed by atoms with E-state index in [9.17, 15) is 9.59 Å². The minimum absolute atomic E-state index is 0.327. The second-order valence-electron chi connectivity index (χ2n) is 4.20. The van der Waals surface area contributed by atoms with Crippen molar-refractivity contribution in [3.8, 4) is 0 Å². The second-order valence-corrected chi connectivity index (χ2v) is 6.47. The Balaban J connectivity index is 4.72. The van der Waals surface area contributed by atoms with E-state index in [0.717, 1.165) is 0 Å². The van der Waals surface area contributed by atoms with Crippen LogP contribution in [0.25, 0.3) is 0 Å². The van der Waals surface area contributed by atoms with Crippen molar-refractivity contribution in [2.45, 2.75) is 26.1 Å². The van der Waals surface area contributed by atoms with Crippen molar-refractivity contribution in [1.29, 1.82) is 0 Å². The van der Waals surface area contributed by atoms with E-state index in [2.05, 4.69) is 23.8 Å². The highest BCUT2D eigenvalue weighted by Crippen LogP contribution is 2.01. The summed E-state index contributed by atoms with van der Waals surface area (Å²) in [5, 5.41) is 5.33. The third-order valence-corrected chi connectivity index (χ3v) is 4.25. The summed E-state index contributed by atoms with van der Waals surface area (Å²) in [5.41, 5.74) is 0.727. The lowest BCUT2D eigenvalue weighted by atomic mass is 10.3. The van der Waals surface area contributed by atoms with Gasteiger partial charge in [0.15, 0.2) is 0 Å². The van der Waals surface area contributed by atoms with Gasteiger partial charge in [-0.15, -0.1) is 0 Å². The van der Waals surface area contributed by atoms with Gasteiger partial charge in [0, 0.05) is 31.4 Å². The first-order chi connectivity index (χ1) is 8.81. The Kier molecular flexibility index (Phi) is 7.97. The molecule has 2 amide bonds. The molecule has 6 nitrogen and oxygen atoms in total. The minimum atomic E-state index is -1.92. The largest absolute Gasteiger partial charge is 0.400 e. The second kappa shape index (κ2) is 8.62. The molecule has 108 valence electrons. The summed E-state index contributed by atoms with van der Waals surface area (Å²) in [7, 11) is 1.16. The van der Waals surface area contributed by atoms with Gasteiger partial charge in [0.25, 0.3) is 0 Å². The molecular formula is C12H22N2O4Si. The van der Waals surface area contributed by atoms with Gasteiger partial charge >= 0.3 is 9.28 Å². The third kappa shape index (κ3) is 6.90. The van der Waals surface area contributed by atoms with Crippen LogP contribution in [0.5, 0.6) is 0 Å². The standard InChI is InChI=1S/C12H22N2O4Si/c1-8(2)11(15)13-10(7-19(17-5)18-6)14-12(16)9(3)4/h10,19H,1,3,7H2,2,4-6H3,(H,13,15)(H,14,16). The van der Waals surface area contributed by atoms with Gasteiger partial charge in [0.1, 0.15) is 6.17 Å². The lowest BCUT2D eigenvalue weighted by Crippen LogP contribution is -2.50. The summed E-state index contributed by atoms with van der Waals surface area (Å²) in [5.74, 6) is -0.654. The zero-order chi connectivity index (χ0) is 15.0. The molecule has 19 heavy (non-hydrogen) atoms. The molecule has 0 aliphatic heterocycles. The Bertz CT molecular complexity index is 339. The van der Waals surface area contributed by atoms with Crippen molar-refractivity contribution in [1.82, 2.24) is 10.6 Å². The molecule has 0 heterocycles. The molecule has 2 N–H and O–H groups in total. The number of hydrogen-bond donors (Lipinski definition) is 2. The fraction of sp³-hybridized carbons (Fsp3) is 0.500. The Morgan fingerprint density at radius 2 is 1.42 bits per heavy atom. The Labute approximate surface area is 115 Å². The van der Waals surface area contributed by atoms with Crippen LogP contribution in [0.3, 0.4) is 0 Å². The molecule has 0 aromatic heterocycles. The summed E-state index contributed by atoms with van der Waals surface area (Å²) in [6, 6.07) is 0.408. The molecule has 0 saturated heterocycles. The van der Waals surface area contributed by atoms with Gasteiger partial charge in [-0.1, -0.05) is 13.2 Å². The van der Waals surface area contributed by atoms with E-state index in [4.69, 9.17) is 8.85 Å². The number of amides is 2. The number of carbonyl (C=O) groups is 2. The fourth-order valence-electron chi connectivity index (χ4n) is 1.20. The van der Waals surface area contributed by atoms with Crippen LogP contribution in [0.4, 0.5) is 0 Å². The van der Waals surface area contributed by atoms with Crippen LogP contribution >= 0.6 is 0 Å². The van der Waals surface area contributed by atoms with E-state index >= 15 is 0 Å². The fourth-order valence-corrected chi connectivity index (χ4v) is 2.40. The monoisotopic (exact) mass is 286 g/mol. The lowest BCUT2D eigenvalue weighted by Gasteiger charge is -2.23. The molecular weight excluding hydrogens is 264 g/mol. The Morgan fingerprint density at radius 1 is 1.05 bits per heavy atom. The smallest absolute Gasteiger partial charge is 0.324 e. The summed E-state index contributed by atoms with van der Waals surface area (Å²) in [6.45, 7) is 10.3. The predicted octanol–water partition coefficient (Wildman–Crippen LogP) is 0.210. The summed E-state index contributed by atoms with van der Waals surface area (Å²) in [4.78, 5) is 23.2. The van der Waals surface area contributed by atoms with E-state index in [-0.39, 0.29) is 11.8 Å². The first-order valence-corrected chi connectivity index (χ1v) is 7.56. The maximum absolute atomic E-state index is 11.6. The average molecular weight is 286 g/mol. The Hall–Kier alpha value is -1.44. The van der Waals surface area contributed by atoms with E-state index in [1.807, 2.05) is 0 Å². The van der Waals surface area contributed by atoms with Crippen LogP contribution in [0.1, 0.15) is 13.8 Å². The zero-order valence-corrected chi connectivity index (χ0v) is 13.1. The van der Waals surface area contributed by atoms with Crippen molar-refractivity contribution in [3.05, 3.63) is 24.3 Å². The molecule has 7 heteroatoms. The molecule has 0 radical (unpaired) electrons. The molecule has 0 rings (SSSR count). The van der Waals surface area contributed by atoms with Crippen molar-refractivity contribution < 1.29 is 18.4 Å². The van der Waals surface area contributed by atoms with Crippen LogP contribution in [0, 0.1) is 0 Å². The maximum Gasteiger partial charge on any atom is 0.324 e. The number of rotatable bonds is 8. The van der Waals surface area contributed by atoms with Crippen LogP contribution in [-0.4, -0.2) is 41.5 Å². The molecule has 0 aliphatic rings. The van der Waals surface area contributed by atoms with Crippen molar-refractivity contribution >= 4 is 21.1 Å². The zero-order valence-electron chi connectivity index (χ0n) is 11.9. The van der Waals surface area contributed by atoms with Gasteiger partial charge in [-0.3, -0.25) is 9.59 Å². The molecule has 0 fully saturated rings. The van der Waals surface area contributed by atoms with Crippen molar-refractivity contribution in [2.24, 2.45) is 0 Å². The molecule has 0 spiro atoms. The molecule has 0 aromatic carbocycles. The van der Waals surface area contributed by atoms with Gasteiger partial charge in [-0.05, 0) is 13.8 Å². The van der Waals surface area contributed by atoms with Crippen LogP contribution in [0.2, 0.25) is 6.04 Å². The first kappa shape index (κ1) is 17.6. The highest BCUT2D eigenvalue weighted by molar-refractivity contribution is 6.44. The number of nitrogens with one attached hydrogen (secondary N) is 2. The van der Waals surface area contributed by atoms with Gasteiger partial charge in [-0.25, -0.2) is 0 Å². The number of carbonyl (C=O) groups excluding carboxylic acids is 2. The van der Waals surface area contributed by atoms with E-state index in [1.54, 1.807) is 28.1 Å². The van der Waals surface area contributed by atoms with Crippen LogP contribution in [0.15, 0.2) is 24.3 Å². The molecule has 0 bridgehead atoms. The lowest BCUT2D eigenvalue weighted by molar-refractivity contribution is -0.120. The van der Waals surface area contributed by atoms with Gasteiger partial charge < -0.3 is 19.5 Å². The van der Waals surface area contributed by atoms with E-state index in [0.29, 0.717) is 17.2 Å². The van der Waals surface area contributed by atoms with Gasteiger partial charge in [0.2, 0.25) is 11.8 Å². The highest BCUT2D eigenvalue weighted by Gasteiger charge is 2.22. The maximum atomic E-state index is 11.6. The molecule has 0 unspecified atom stereocenters. The van der Waals surface area contributed by atoms with Crippen LogP contribution in [-0.2, 0) is 18.4 Å². The summed E-state index contributed by atoms with van der Waals surface area (Å²) >= 11 is 0.